The van der Waals surface area contributed by atoms with E-state index in [-0.39, 0.29) is 11.5 Å². The van der Waals surface area contributed by atoms with Crippen molar-refractivity contribution in [2.45, 2.75) is 71.3 Å². The molecule has 0 radical (unpaired) electrons. The molecule has 0 bridgehead atoms. The molecule has 0 N–H and O–H groups in total. The first-order chi connectivity index (χ1) is 17.5. The lowest BCUT2D eigenvalue weighted by molar-refractivity contribution is 0.101. The number of benzene rings is 2. The number of nitriles is 1. The van der Waals surface area contributed by atoms with Gasteiger partial charge in [-0.2, -0.15) is 5.26 Å². The zero-order valence-corrected chi connectivity index (χ0v) is 24.3. The number of hydrogen-bond donors (Lipinski definition) is 0. The van der Waals surface area contributed by atoms with Crippen molar-refractivity contribution in [3.05, 3.63) is 47.5 Å². The van der Waals surface area contributed by atoms with E-state index in [4.69, 9.17) is 18.9 Å². The topological polar surface area (TPSA) is 64.0 Å². The van der Waals surface area contributed by atoms with E-state index in [2.05, 4.69) is 64.8 Å². The van der Waals surface area contributed by atoms with Gasteiger partial charge in [0.15, 0.2) is 23.0 Å². The molecule has 0 amide bonds. The predicted molar refractivity (Wildman–Crippen MR) is 150 cm³/mol. The standard InChI is InChI=1S/C31H46N2O4/c1-10-30(4,5)37-27-14-12-24(20-28(27)35-8)16-19-33(6)18-11-17-31(22-32,23(2)3)25-13-15-26(34-7)29(21-25)36-9/h12-15,20-21,23H,10-11,16-19H2,1-9H3. The molecule has 0 saturated heterocycles. The lowest BCUT2D eigenvalue weighted by Crippen LogP contribution is -2.32. The maximum atomic E-state index is 10.3. The molecule has 2 rings (SSSR count). The number of likely N-dealkylation sites (N-methyl/N-ethyl adjacent to an activating group) is 1. The van der Waals surface area contributed by atoms with E-state index in [0.29, 0.717) is 11.5 Å². The smallest absolute Gasteiger partial charge is 0.161 e. The van der Waals surface area contributed by atoms with Crippen molar-refractivity contribution < 1.29 is 18.9 Å². The van der Waals surface area contributed by atoms with Crippen molar-refractivity contribution in [3.63, 3.8) is 0 Å². The summed E-state index contributed by atoms with van der Waals surface area (Å²) in [5, 5.41) is 10.3. The van der Waals surface area contributed by atoms with Crippen LogP contribution >= 0.6 is 0 Å². The highest BCUT2D eigenvalue weighted by atomic mass is 16.5. The minimum Gasteiger partial charge on any atom is -0.493 e. The van der Waals surface area contributed by atoms with Crippen LogP contribution in [0.2, 0.25) is 0 Å². The Hall–Kier alpha value is -2.91. The van der Waals surface area contributed by atoms with Gasteiger partial charge in [-0.3, -0.25) is 0 Å². The molecule has 0 aliphatic heterocycles. The van der Waals surface area contributed by atoms with Crippen LogP contribution in [0.4, 0.5) is 0 Å². The Labute approximate surface area is 224 Å². The van der Waals surface area contributed by atoms with E-state index in [9.17, 15) is 5.26 Å². The van der Waals surface area contributed by atoms with Crippen molar-refractivity contribution in [2.75, 3.05) is 41.5 Å². The number of nitrogens with zero attached hydrogens (tertiary/aromatic N) is 2. The van der Waals surface area contributed by atoms with Gasteiger partial charge >= 0.3 is 0 Å². The van der Waals surface area contributed by atoms with Crippen LogP contribution in [-0.2, 0) is 11.8 Å². The first-order valence-corrected chi connectivity index (χ1v) is 13.2. The second kappa shape index (κ2) is 13.6. The Bertz CT molecular complexity index is 1040. The van der Waals surface area contributed by atoms with E-state index in [0.717, 1.165) is 55.8 Å². The third kappa shape index (κ3) is 7.79. The Morgan fingerprint density at radius 2 is 1.51 bits per heavy atom. The minimum atomic E-state index is -0.587. The molecule has 0 heterocycles. The summed E-state index contributed by atoms with van der Waals surface area (Å²) >= 11 is 0. The quantitative estimate of drug-likeness (QED) is 0.267. The lowest BCUT2D eigenvalue weighted by Gasteiger charge is -2.32. The van der Waals surface area contributed by atoms with Gasteiger partial charge in [0.2, 0.25) is 0 Å². The van der Waals surface area contributed by atoms with Crippen LogP contribution in [0.15, 0.2) is 36.4 Å². The second-order valence-electron chi connectivity index (χ2n) is 10.7. The molecule has 6 nitrogen and oxygen atoms in total. The summed E-state index contributed by atoms with van der Waals surface area (Å²) in [6.45, 7) is 12.3. The number of hydrogen-bond acceptors (Lipinski definition) is 6. The molecule has 37 heavy (non-hydrogen) atoms. The monoisotopic (exact) mass is 510 g/mol. The molecule has 204 valence electrons. The minimum absolute atomic E-state index is 0.159. The van der Waals surface area contributed by atoms with Crippen LogP contribution in [0.1, 0.15) is 65.0 Å². The van der Waals surface area contributed by atoms with Crippen LogP contribution in [-0.4, -0.2) is 52.0 Å². The van der Waals surface area contributed by atoms with Crippen molar-refractivity contribution >= 4 is 0 Å². The van der Waals surface area contributed by atoms with E-state index in [1.165, 1.54) is 5.56 Å². The fourth-order valence-electron chi connectivity index (χ4n) is 4.51. The molecule has 0 spiro atoms. The summed E-state index contributed by atoms with van der Waals surface area (Å²) in [4.78, 5) is 2.33. The SMILES string of the molecule is CCC(C)(C)Oc1ccc(CCN(C)CCCC(C#N)(c2ccc(OC)c(OC)c2)C(C)C)cc1OC. The van der Waals surface area contributed by atoms with Crippen LogP contribution < -0.4 is 18.9 Å². The molecule has 0 saturated carbocycles. The molecule has 0 aliphatic rings. The predicted octanol–water partition coefficient (Wildman–Crippen LogP) is 6.65. The molecule has 2 aromatic rings. The highest BCUT2D eigenvalue weighted by Crippen LogP contribution is 2.40. The summed E-state index contributed by atoms with van der Waals surface area (Å²) in [6.07, 6.45) is 3.51. The van der Waals surface area contributed by atoms with E-state index in [1.807, 2.05) is 24.3 Å². The molecule has 0 fully saturated rings. The van der Waals surface area contributed by atoms with E-state index in [1.54, 1.807) is 21.3 Å². The Kier molecular flexibility index (Phi) is 11.1. The lowest BCUT2D eigenvalue weighted by atomic mass is 9.69. The molecular weight excluding hydrogens is 464 g/mol. The number of rotatable bonds is 15. The van der Waals surface area contributed by atoms with Gasteiger partial charge in [0.05, 0.1) is 32.8 Å². The van der Waals surface area contributed by atoms with Gasteiger partial charge in [-0.25, -0.2) is 0 Å². The van der Waals surface area contributed by atoms with E-state index < -0.39 is 5.41 Å². The Balaban J connectivity index is 2.02. The van der Waals surface area contributed by atoms with Crippen LogP contribution in [0.5, 0.6) is 23.0 Å². The van der Waals surface area contributed by atoms with Gasteiger partial charge in [-0.05, 0) is 94.4 Å². The summed E-state index contributed by atoms with van der Waals surface area (Å²) in [5.41, 5.74) is 1.37. The largest absolute Gasteiger partial charge is 0.493 e. The van der Waals surface area contributed by atoms with Crippen LogP contribution in [0.25, 0.3) is 0 Å². The molecular formula is C31H46N2O4. The van der Waals surface area contributed by atoms with Gasteiger partial charge in [-0.1, -0.05) is 32.9 Å². The molecule has 0 aromatic heterocycles. The first-order valence-electron chi connectivity index (χ1n) is 13.2. The van der Waals surface area contributed by atoms with Gasteiger partial charge in [0.1, 0.15) is 5.60 Å². The highest BCUT2D eigenvalue weighted by Gasteiger charge is 2.36. The van der Waals surface area contributed by atoms with Crippen molar-refractivity contribution in [1.29, 1.82) is 5.26 Å². The van der Waals surface area contributed by atoms with Gasteiger partial charge in [0.25, 0.3) is 0 Å². The fraction of sp³-hybridized carbons (Fsp3) is 0.581. The number of ether oxygens (including phenoxy) is 4. The molecule has 6 heteroatoms. The maximum Gasteiger partial charge on any atom is 0.161 e. The van der Waals surface area contributed by atoms with Crippen LogP contribution in [0, 0.1) is 17.2 Å². The van der Waals surface area contributed by atoms with Crippen LogP contribution in [0.3, 0.4) is 0 Å². The fourth-order valence-corrected chi connectivity index (χ4v) is 4.51. The number of methoxy groups -OCH3 is 3. The second-order valence-corrected chi connectivity index (χ2v) is 10.7. The maximum absolute atomic E-state index is 10.3. The van der Waals surface area contributed by atoms with Crippen molar-refractivity contribution in [3.8, 4) is 29.1 Å². The third-order valence-corrected chi connectivity index (χ3v) is 7.44. The zero-order chi connectivity index (χ0) is 27.6. The summed E-state index contributed by atoms with van der Waals surface area (Å²) in [5.74, 6) is 3.04. The average Bonchev–Trinajstić information content (AvgIpc) is 2.89. The molecule has 1 unspecified atom stereocenters. The molecule has 0 aliphatic carbocycles. The van der Waals surface area contributed by atoms with Gasteiger partial charge in [-0.15, -0.1) is 0 Å². The van der Waals surface area contributed by atoms with Gasteiger partial charge in [0, 0.05) is 6.54 Å². The summed E-state index contributed by atoms with van der Waals surface area (Å²) in [6, 6.07) is 14.7. The molecule has 2 aromatic carbocycles. The average molecular weight is 511 g/mol. The first kappa shape index (κ1) is 30.3. The van der Waals surface area contributed by atoms with Crippen molar-refractivity contribution in [1.82, 2.24) is 4.90 Å². The summed E-state index contributed by atoms with van der Waals surface area (Å²) < 4.78 is 22.7. The Morgan fingerprint density at radius 3 is 2.08 bits per heavy atom. The Morgan fingerprint density at radius 1 is 0.892 bits per heavy atom. The zero-order valence-electron chi connectivity index (χ0n) is 24.3. The highest BCUT2D eigenvalue weighted by molar-refractivity contribution is 5.47. The molecule has 1 atom stereocenters. The van der Waals surface area contributed by atoms with E-state index >= 15 is 0 Å². The normalized spacial score (nSPS) is 13.2. The van der Waals surface area contributed by atoms with Gasteiger partial charge < -0.3 is 23.8 Å². The van der Waals surface area contributed by atoms with Crippen molar-refractivity contribution in [2.24, 2.45) is 5.92 Å². The third-order valence-electron chi connectivity index (χ3n) is 7.44. The summed E-state index contributed by atoms with van der Waals surface area (Å²) in [7, 11) is 7.07.